The summed E-state index contributed by atoms with van der Waals surface area (Å²) in [6.07, 6.45) is 3.02. The molecule has 0 radical (unpaired) electrons. The normalized spacial score (nSPS) is 10.2. The van der Waals surface area contributed by atoms with Gasteiger partial charge in [0, 0.05) is 18.7 Å². The predicted octanol–water partition coefficient (Wildman–Crippen LogP) is 4.63. The molecule has 0 aliphatic heterocycles. The van der Waals surface area contributed by atoms with Crippen molar-refractivity contribution < 1.29 is 14.3 Å². The average Bonchev–Trinajstić information content (AvgIpc) is 2.74. The Morgan fingerprint density at radius 1 is 0.897 bits per heavy atom. The molecule has 0 spiro atoms. The number of carbonyl (C=O) groups excluding carboxylic acids is 2. The van der Waals surface area contributed by atoms with Gasteiger partial charge in [-0.2, -0.15) is 0 Å². The topological polar surface area (TPSA) is 67.4 Å². The molecule has 2 aromatic rings. The Morgan fingerprint density at radius 2 is 1.55 bits per heavy atom. The number of ether oxygens (including phenoxy) is 1. The van der Waals surface area contributed by atoms with E-state index in [0.29, 0.717) is 18.7 Å². The lowest BCUT2D eigenvalue weighted by molar-refractivity contribution is 0.0952. The lowest BCUT2D eigenvalue weighted by Crippen LogP contribution is -2.27. The minimum absolute atomic E-state index is 0.0771. The van der Waals surface area contributed by atoms with Crippen LogP contribution in [0.5, 0.6) is 0 Å². The number of unbranched alkanes of at least 4 members (excludes halogenated alkanes) is 1. The predicted molar refractivity (Wildman–Crippen MR) is 116 cm³/mol. The maximum atomic E-state index is 12.2. The molecular formula is C24H30N2O3. The van der Waals surface area contributed by atoms with Crippen LogP contribution in [0.3, 0.4) is 0 Å². The molecule has 29 heavy (non-hydrogen) atoms. The highest BCUT2D eigenvalue weighted by Gasteiger charge is 2.05. The van der Waals surface area contributed by atoms with E-state index >= 15 is 0 Å². The first-order valence-corrected chi connectivity index (χ1v) is 10.0. The monoisotopic (exact) mass is 394 g/mol. The van der Waals surface area contributed by atoms with Gasteiger partial charge in [0.1, 0.15) is 6.61 Å². The van der Waals surface area contributed by atoms with Crippen LogP contribution in [0, 0.1) is 0 Å². The Kier molecular flexibility index (Phi) is 9.49. The lowest BCUT2D eigenvalue weighted by atomic mass is 10.0. The van der Waals surface area contributed by atoms with Crippen LogP contribution < -0.4 is 10.6 Å². The van der Waals surface area contributed by atoms with Gasteiger partial charge in [0.2, 0.25) is 0 Å². The van der Waals surface area contributed by atoms with E-state index < -0.39 is 6.09 Å². The number of nitrogens with one attached hydrogen (secondary N) is 2. The zero-order valence-electron chi connectivity index (χ0n) is 17.1. The summed E-state index contributed by atoms with van der Waals surface area (Å²) in [6.45, 7) is 7.27. The van der Waals surface area contributed by atoms with Crippen molar-refractivity contribution in [1.82, 2.24) is 10.6 Å². The number of hydrogen-bond acceptors (Lipinski definition) is 3. The molecule has 0 saturated carbocycles. The number of benzene rings is 2. The smallest absolute Gasteiger partial charge is 0.407 e. The van der Waals surface area contributed by atoms with Gasteiger partial charge in [-0.15, -0.1) is 6.58 Å². The van der Waals surface area contributed by atoms with E-state index in [0.717, 1.165) is 36.8 Å². The quantitative estimate of drug-likeness (QED) is 0.431. The molecule has 5 heteroatoms. The van der Waals surface area contributed by atoms with Gasteiger partial charge in [-0.3, -0.25) is 4.79 Å². The van der Waals surface area contributed by atoms with Crippen molar-refractivity contribution in [3.8, 4) is 0 Å². The van der Waals surface area contributed by atoms with Gasteiger partial charge in [-0.1, -0.05) is 48.0 Å². The molecule has 2 aromatic carbocycles. The first kappa shape index (κ1) is 22.2. The van der Waals surface area contributed by atoms with Crippen molar-refractivity contribution in [3.05, 3.63) is 83.4 Å². The molecule has 0 bridgehead atoms. The molecule has 0 atom stereocenters. The Labute approximate surface area is 173 Å². The molecule has 154 valence electrons. The Morgan fingerprint density at radius 3 is 2.21 bits per heavy atom. The zero-order valence-corrected chi connectivity index (χ0v) is 17.1. The maximum Gasteiger partial charge on any atom is 0.407 e. The SMILES string of the molecule is C=C(C)CCc1ccc(C(=O)NCCCCNC(=O)OCc2ccccc2)cc1. The molecule has 2 rings (SSSR count). The van der Waals surface area contributed by atoms with Crippen molar-refractivity contribution in [2.45, 2.75) is 39.2 Å². The van der Waals surface area contributed by atoms with E-state index in [1.165, 1.54) is 5.56 Å². The maximum absolute atomic E-state index is 12.2. The van der Waals surface area contributed by atoms with E-state index in [9.17, 15) is 9.59 Å². The minimum atomic E-state index is -0.426. The van der Waals surface area contributed by atoms with E-state index in [-0.39, 0.29) is 12.5 Å². The van der Waals surface area contributed by atoms with Crippen LogP contribution in [-0.4, -0.2) is 25.1 Å². The fourth-order valence-corrected chi connectivity index (χ4v) is 2.70. The molecule has 0 saturated heterocycles. The summed E-state index contributed by atoms with van der Waals surface area (Å²) in [7, 11) is 0. The van der Waals surface area contributed by atoms with Crippen LogP contribution in [0.15, 0.2) is 66.7 Å². The van der Waals surface area contributed by atoms with Crippen molar-refractivity contribution in [2.24, 2.45) is 0 Å². The van der Waals surface area contributed by atoms with Gasteiger partial charge in [-0.25, -0.2) is 4.79 Å². The van der Waals surface area contributed by atoms with E-state index in [1.807, 2.05) is 61.5 Å². The number of alkyl carbamates (subject to hydrolysis) is 1. The summed E-state index contributed by atoms with van der Waals surface area (Å²) in [4.78, 5) is 23.8. The van der Waals surface area contributed by atoms with Crippen LogP contribution in [0.1, 0.15) is 47.7 Å². The number of amides is 2. The van der Waals surface area contributed by atoms with Crippen LogP contribution in [0.2, 0.25) is 0 Å². The molecule has 0 aliphatic rings. The van der Waals surface area contributed by atoms with Crippen LogP contribution >= 0.6 is 0 Å². The van der Waals surface area contributed by atoms with E-state index in [2.05, 4.69) is 17.2 Å². The molecule has 0 heterocycles. The second-order valence-electron chi connectivity index (χ2n) is 7.11. The number of aryl methyl sites for hydroxylation is 1. The van der Waals surface area contributed by atoms with Gasteiger partial charge >= 0.3 is 6.09 Å². The van der Waals surface area contributed by atoms with Crippen molar-refractivity contribution >= 4 is 12.0 Å². The summed E-state index contributed by atoms with van der Waals surface area (Å²) in [5.41, 5.74) is 3.97. The third kappa shape index (κ3) is 9.10. The van der Waals surface area contributed by atoms with Crippen LogP contribution in [0.25, 0.3) is 0 Å². The van der Waals surface area contributed by atoms with Gasteiger partial charge in [0.25, 0.3) is 5.91 Å². The minimum Gasteiger partial charge on any atom is -0.445 e. The first-order chi connectivity index (χ1) is 14.0. The molecule has 2 N–H and O–H groups in total. The number of rotatable bonds is 11. The zero-order chi connectivity index (χ0) is 20.9. The Bertz CT molecular complexity index is 786. The van der Waals surface area contributed by atoms with E-state index in [4.69, 9.17) is 4.74 Å². The highest BCUT2D eigenvalue weighted by molar-refractivity contribution is 5.94. The van der Waals surface area contributed by atoms with E-state index in [1.54, 1.807) is 0 Å². The molecule has 0 aliphatic carbocycles. The summed E-state index contributed by atoms with van der Waals surface area (Å²) in [5, 5.41) is 5.63. The summed E-state index contributed by atoms with van der Waals surface area (Å²) in [5.74, 6) is -0.0771. The van der Waals surface area contributed by atoms with Crippen LogP contribution in [0.4, 0.5) is 4.79 Å². The molecule has 0 aromatic heterocycles. The Hall–Kier alpha value is -3.08. The summed E-state index contributed by atoms with van der Waals surface area (Å²) >= 11 is 0. The second-order valence-corrected chi connectivity index (χ2v) is 7.11. The first-order valence-electron chi connectivity index (χ1n) is 10.0. The molecule has 0 fully saturated rings. The van der Waals surface area contributed by atoms with Crippen molar-refractivity contribution in [2.75, 3.05) is 13.1 Å². The number of hydrogen-bond donors (Lipinski definition) is 2. The van der Waals surface area contributed by atoms with Gasteiger partial charge < -0.3 is 15.4 Å². The third-order valence-corrected chi connectivity index (χ3v) is 4.43. The fourth-order valence-electron chi connectivity index (χ4n) is 2.70. The molecule has 5 nitrogen and oxygen atoms in total. The molecule has 2 amide bonds. The highest BCUT2D eigenvalue weighted by atomic mass is 16.5. The second kappa shape index (κ2) is 12.4. The highest BCUT2D eigenvalue weighted by Crippen LogP contribution is 2.09. The third-order valence-electron chi connectivity index (χ3n) is 4.43. The molecular weight excluding hydrogens is 364 g/mol. The summed E-state index contributed by atoms with van der Waals surface area (Å²) < 4.78 is 5.15. The van der Waals surface area contributed by atoms with Crippen molar-refractivity contribution in [3.63, 3.8) is 0 Å². The standard InChI is InChI=1S/C24H30N2O3/c1-19(2)10-11-20-12-14-22(15-13-20)23(27)25-16-6-7-17-26-24(28)29-18-21-8-4-3-5-9-21/h3-5,8-9,12-15H,1,6-7,10-11,16-18H2,2H3,(H,25,27)(H,26,28). The Balaban J connectivity index is 1.55. The number of allylic oxidation sites excluding steroid dienone is 1. The van der Waals surface area contributed by atoms with Gasteiger partial charge in [0.05, 0.1) is 0 Å². The van der Waals surface area contributed by atoms with Crippen LogP contribution in [-0.2, 0) is 17.8 Å². The largest absolute Gasteiger partial charge is 0.445 e. The van der Waals surface area contributed by atoms with Gasteiger partial charge in [-0.05, 0) is 55.9 Å². The lowest BCUT2D eigenvalue weighted by Gasteiger charge is -2.08. The average molecular weight is 395 g/mol. The van der Waals surface area contributed by atoms with Gasteiger partial charge in [0.15, 0.2) is 0 Å². The molecule has 0 unspecified atom stereocenters. The van der Waals surface area contributed by atoms with Crippen molar-refractivity contribution in [1.29, 1.82) is 0 Å². The fraction of sp³-hybridized carbons (Fsp3) is 0.333. The summed E-state index contributed by atoms with van der Waals surface area (Å²) in [6, 6.07) is 17.2. The number of carbonyl (C=O) groups is 2.